The average molecular weight is 355 g/mol. The van der Waals surface area contributed by atoms with Crippen LogP contribution in [0.15, 0.2) is 45.5 Å². The highest BCUT2D eigenvalue weighted by Gasteiger charge is 2.39. The Bertz CT molecular complexity index is 793. The number of nitrogens with zero attached hydrogens (tertiary/aromatic N) is 1. The zero-order valence-electron chi connectivity index (χ0n) is 13.0. The Hall–Kier alpha value is -1.81. The summed E-state index contributed by atoms with van der Waals surface area (Å²) in [5.74, 6) is 0.0334. The molecule has 4 nitrogen and oxygen atoms in total. The molecular weight excluding hydrogens is 338 g/mol. The van der Waals surface area contributed by atoms with Crippen LogP contribution in [-0.2, 0) is 0 Å². The van der Waals surface area contributed by atoms with E-state index in [1.54, 1.807) is 11.8 Å². The normalized spacial score (nSPS) is 24.7. The van der Waals surface area contributed by atoms with Crippen molar-refractivity contribution in [3.63, 3.8) is 0 Å². The minimum Gasteiger partial charge on any atom is -0.347 e. The minimum absolute atomic E-state index is 0.0334. The molecule has 2 N–H and O–H groups in total. The molecule has 2 bridgehead atoms. The smallest absolute Gasteiger partial charge is 0.261 e. The van der Waals surface area contributed by atoms with Crippen LogP contribution in [0.4, 0.5) is 0 Å². The Labute approximate surface area is 149 Å². The number of thiophene rings is 1. The van der Waals surface area contributed by atoms with Crippen molar-refractivity contribution in [1.29, 1.82) is 5.26 Å². The summed E-state index contributed by atoms with van der Waals surface area (Å²) >= 11 is 3.13. The van der Waals surface area contributed by atoms with Gasteiger partial charge in [-0.1, -0.05) is 11.8 Å². The number of nitriles is 1. The summed E-state index contributed by atoms with van der Waals surface area (Å²) in [4.78, 5) is 14.3. The predicted molar refractivity (Wildman–Crippen MR) is 95.4 cm³/mol. The lowest BCUT2D eigenvalue weighted by Crippen LogP contribution is -2.42. The molecule has 3 heterocycles. The molecule has 2 aromatic rings. The van der Waals surface area contributed by atoms with E-state index in [1.807, 2.05) is 36.4 Å². The second kappa shape index (κ2) is 6.60. The van der Waals surface area contributed by atoms with E-state index in [1.165, 1.54) is 24.2 Å². The molecule has 122 valence electrons. The van der Waals surface area contributed by atoms with Crippen LogP contribution in [0.1, 0.15) is 34.5 Å². The lowest BCUT2D eigenvalue weighted by Gasteiger charge is -2.20. The summed E-state index contributed by atoms with van der Waals surface area (Å²) in [6, 6.07) is 14.8. The lowest BCUT2D eigenvalue weighted by atomic mass is 9.95. The first-order valence-corrected chi connectivity index (χ1v) is 9.69. The maximum atomic E-state index is 12.5. The van der Waals surface area contributed by atoms with Gasteiger partial charge in [-0.05, 0) is 55.7 Å². The van der Waals surface area contributed by atoms with E-state index in [-0.39, 0.29) is 11.9 Å². The van der Waals surface area contributed by atoms with Crippen LogP contribution in [0.5, 0.6) is 0 Å². The van der Waals surface area contributed by atoms with Crippen LogP contribution >= 0.6 is 23.1 Å². The summed E-state index contributed by atoms with van der Waals surface area (Å²) in [6.07, 6.45) is 3.45. The third kappa shape index (κ3) is 3.20. The molecule has 6 heteroatoms. The molecule has 2 fully saturated rings. The number of amides is 1. The fourth-order valence-corrected chi connectivity index (χ4v) is 5.44. The van der Waals surface area contributed by atoms with Crippen molar-refractivity contribution in [2.45, 2.75) is 46.5 Å². The van der Waals surface area contributed by atoms with E-state index in [2.05, 4.69) is 16.7 Å². The summed E-state index contributed by atoms with van der Waals surface area (Å²) in [7, 11) is 0. The largest absolute Gasteiger partial charge is 0.347 e. The summed E-state index contributed by atoms with van der Waals surface area (Å²) in [5, 5.41) is 15.6. The van der Waals surface area contributed by atoms with Crippen molar-refractivity contribution in [3.8, 4) is 6.07 Å². The molecule has 1 amide bonds. The molecule has 1 aromatic carbocycles. The quantitative estimate of drug-likeness (QED) is 0.882. The van der Waals surface area contributed by atoms with Gasteiger partial charge in [0.15, 0.2) is 0 Å². The van der Waals surface area contributed by atoms with Crippen molar-refractivity contribution in [1.82, 2.24) is 10.6 Å². The number of nitrogens with one attached hydrogen (secondary N) is 2. The molecule has 0 saturated carbocycles. The van der Waals surface area contributed by atoms with Crippen molar-refractivity contribution < 1.29 is 4.79 Å². The van der Waals surface area contributed by atoms with Gasteiger partial charge >= 0.3 is 0 Å². The van der Waals surface area contributed by atoms with Gasteiger partial charge in [-0.2, -0.15) is 5.26 Å². The van der Waals surface area contributed by atoms with Crippen LogP contribution < -0.4 is 10.6 Å². The first kappa shape index (κ1) is 15.7. The molecule has 2 saturated heterocycles. The van der Waals surface area contributed by atoms with E-state index >= 15 is 0 Å². The van der Waals surface area contributed by atoms with Gasteiger partial charge in [0.2, 0.25) is 0 Å². The fraction of sp³-hybridized carbons (Fsp3) is 0.333. The average Bonchev–Trinajstić information content (AvgIpc) is 3.32. The highest BCUT2D eigenvalue weighted by Crippen LogP contribution is 2.34. The van der Waals surface area contributed by atoms with Gasteiger partial charge in [0.1, 0.15) is 0 Å². The Balaban J connectivity index is 1.38. The molecule has 2 aliphatic heterocycles. The SMILES string of the molecule is N#Cc1ccc(Sc2ccc(C(=O)NC3CC4CCC3N4)s2)cc1. The van der Waals surface area contributed by atoms with Crippen molar-refractivity contribution in [2.75, 3.05) is 0 Å². The third-order valence-corrected chi connectivity index (χ3v) is 6.85. The summed E-state index contributed by atoms with van der Waals surface area (Å²) in [6.45, 7) is 0. The zero-order chi connectivity index (χ0) is 16.5. The Morgan fingerprint density at radius 1 is 1.25 bits per heavy atom. The maximum Gasteiger partial charge on any atom is 0.261 e. The topological polar surface area (TPSA) is 64.9 Å². The van der Waals surface area contributed by atoms with Gasteiger partial charge in [-0.15, -0.1) is 11.3 Å². The highest BCUT2D eigenvalue weighted by atomic mass is 32.2. The molecule has 3 unspecified atom stereocenters. The number of carbonyl (C=O) groups is 1. The van der Waals surface area contributed by atoms with Crippen LogP contribution in [0.3, 0.4) is 0 Å². The van der Waals surface area contributed by atoms with Gasteiger partial charge in [0.05, 0.1) is 20.7 Å². The first-order chi connectivity index (χ1) is 11.7. The van der Waals surface area contributed by atoms with E-state index < -0.39 is 0 Å². The second-order valence-electron chi connectivity index (χ2n) is 6.22. The van der Waals surface area contributed by atoms with Crippen LogP contribution in [0, 0.1) is 11.3 Å². The zero-order valence-corrected chi connectivity index (χ0v) is 14.6. The molecule has 0 spiro atoms. The second-order valence-corrected chi connectivity index (χ2v) is 8.68. The van der Waals surface area contributed by atoms with Gasteiger partial charge in [-0.3, -0.25) is 4.79 Å². The van der Waals surface area contributed by atoms with Crippen LogP contribution in [-0.4, -0.2) is 24.0 Å². The monoisotopic (exact) mass is 355 g/mol. The molecule has 3 atom stereocenters. The van der Waals surface area contributed by atoms with E-state index in [0.29, 0.717) is 17.6 Å². The maximum absolute atomic E-state index is 12.5. The third-order valence-electron chi connectivity index (χ3n) is 4.62. The van der Waals surface area contributed by atoms with E-state index in [0.717, 1.165) is 20.4 Å². The van der Waals surface area contributed by atoms with Crippen molar-refractivity contribution >= 4 is 29.0 Å². The number of benzene rings is 1. The fourth-order valence-electron chi connectivity index (χ4n) is 3.43. The van der Waals surface area contributed by atoms with E-state index in [4.69, 9.17) is 5.26 Å². The predicted octanol–water partition coefficient (Wildman–Crippen LogP) is 3.39. The minimum atomic E-state index is 0.0334. The molecular formula is C18H17N3OS2. The standard InChI is InChI=1S/C18H17N3OS2/c19-10-11-1-4-13(5-2-11)23-17-8-7-16(24-17)18(22)21-15-9-12-3-6-14(15)20-12/h1-2,4-5,7-8,12,14-15,20H,3,6,9H2,(H,21,22). The Morgan fingerprint density at radius 3 is 2.75 bits per heavy atom. The molecule has 1 aromatic heterocycles. The van der Waals surface area contributed by atoms with Gasteiger partial charge in [-0.25, -0.2) is 0 Å². The number of hydrogen-bond donors (Lipinski definition) is 2. The number of rotatable bonds is 4. The van der Waals surface area contributed by atoms with E-state index in [9.17, 15) is 4.79 Å². The van der Waals surface area contributed by atoms with Crippen molar-refractivity contribution in [3.05, 3.63) is 46.8 Å². The summed E-state index contributed by atoms with van der Waals surface area (Å²) < 4.78 is 1.08. The molecule has 2 aliphatic rings. The molecule has 24 heavy (non-hydrogen) atoms. The molecule has 0 radical (unpaired) electrons. The van der Waals surface area contributed by atoms with Crippen LogP contribution in [0.2, 0.25) is 0 Å². The molecule has 0 aliphatic carbocycles. The number of carbonyl (C=O) groups excluding carboxylic acids is 1. The van der Waals surface area contributed by atoms with Gasteiger partial charge in [0, 0.05) is 23.0 Å². The van der Waals surface area contributed by atoms with Crippen molar-refractivity contribution in [2.24, 2.45) is 0 Å². The lowest BCUT2D eigenvalue weighted by molar-refractivity contribution is 0.0935. The number of hydrogen-bond acceptors (Lipinski definition) is 5. The van der Waals surface area contributed by atoms with Gasteiger partial charge in [0.25, 0.3) is 5.91 Å². The number of fused-ring (bicyclic) bond motifs is 2. The van der Waals surface area contributed by atoms with Gasteiger partial charge < -0.3 is 10.6 Å². The molecule has 4 rings (SSSR count). The summed E-state index contributed by atoms with van der Waals surface area (Å²) in [5.41, 5.74) is 0.657. The Morgan fingerprint density at radius 2 is 2.08 bits per heavy atom. The first-order valence-electron chi connectivity index (χ1n) is 8.06. The highest BCUT2D eigenvalue weighted by molar-refractivity contribution is 8.01. The van der Waals surface area contributed by atoms with Crippen LogP contribution in [0.25, 0.3) is 0 Å². The Kier molecular flexibility index (Phi) is 4.31.